The normalized spacial score (nSPS) is 25.2. The van der Waals surface area contributed by atoms with E-state index < -0.39 is 40.3 Å². The standard InChI is InChI=1S/C19H22ClFN2O6S/c1-18(2,3)29-17(27)23-9-19(14(30-19)7-13(23)16(25)26)22-15(24)8-28-10-4-5-11(20)12(21)6-10/h4-6,13-14H,7-9H2,1-3H3,(H,22,24)(H,25,26)/t13-,14?,19-/m1/s1. The number of thioether (sulfide) groups is 1. The molecule has 2 aliphatic heterocycles. The number of carboxylic acid groups (broad SMARTS) is 1. The van der Waals surface area contributed by atoms with Gasteiger partial charge < -0.3 is 19.9 Å². The molecule has 0 saturated carbocycles. The van der Waals surface area contributed by atoms with E-state index in [1.165, 1.54) is 23.9 Å². The van der Waals surface area contributed by atoms with Crippen molar-refractivity contribution in [1.29, 1.82) is 0 Å². The summed E-state index contributed by atoms with van der Waals surface area (Å²) in [5.74, 6) is -2.11. The minimum absolute atomic E-state index is 0.00444. The number of ether oxygens (including phenoxy) is 2. The highest BCUT2D eigenvalue weighted by Crippen LogP contribution is 2.57. The SMILES string of the molecule is CC(C)(C)OC(=O)N1C[C@@]2(NC(=O)COc3ccc(Cl)c(F)c3)SC2C[C@@H]1C(=O)O. The molecule has 2 N–H and O–H groups in total. The smallest absolute Gasteiger partial charge is 0.411 e. The van der Waals surface area contributed by atoms with Crippen molar-refractivity contribution in [3.63, 3.8) is 0 Å². The van der Waals surface area contributed by atoms with Gasteiger partial charge in [0.2, 0.25) is 0 Å². The van der Waals surface area contributed by atoms with Crippen LogP contribution in [0, 0.1) is 5.82 Å². The summed E-state index contributed by atoms with van der Waals surface area (Å²) in [6.45, 7) is 4.69. The molecule has 164 valence electrons. The molecule has 1 aromatic carbocycles. The number of piperidine rings is 1. The number of rotatable bonds is 5. The van der Waals surface area contributed by atoms with Crippen molar-refractivity contribution in [3.05, 3.63) is 29.0 Å². The zero-order chi connectivity index (χ0) is 22.3. The number of carbonyl (C=O) groups excluding carboxylic acids is 2. The number of carboxylic acids is 1. The number of carbonyl (C=O) groups is 3. The molecule has 8 nitrogen and oxygen atoms in total. The van der Waals surface area contributed by atoms with Crippen LogP contribution in [0.25, 0.3) is 0 Å². The summed E-state index contributed by atoms with van der Waals surface area (Å²) in [5.41, 5.74) is -0.786. The first-order valence-electron chi connectivity index (χ1n) is 9.19. The van der Waals surface area contributed by atoms with E-state index in [0.29, 0.717) is 0 Å². The van der Waals surface area contributed by atoms with Crippen LogP contribution in [0.3, 0.4) is 0 Å². The van der Waals surface area contributed by atoms with E-state index >= 15 is 0 Å². The maximum absolute atomic E-state index is 13.5. The fourth-order valence-electron chi connectivity index (χ4n) is 3.17. The Bertz CT molecular complexity index is 879. The molecule has 0 bridgehead atoms. The third kappa shape index (κ3) is 5.10. The van der Waals surface area contributed by atoms with Crippen LogP contribution in [0.4, 0.5) is 9.18 Å². The van der Waals surface area contributed by atoms with E-state index in [4.69, 9.17) is 21.1 Å². The first-order chi connectivity index (χ1) is 13.9. The molecular formula is C19H22ClFN2O6S. The number of fused-ring (bicyclic) bond motifs is 1. The lowest BCUT2D eigenvalue weighted by Crippen LogP contribution is -2.59. The summed E-state index contributed by atoms with van der Waals surface area (Å²) < 4.78 is 24.1. The van der Waals surface area contributed by atoms with Crippen LogP contribution in [0.15, 0.2) is 18.2 Å². The summed E-state index contributed by atoms with van der Waals surface area (Å²) in [7, 11) is 0. The lowest BCUT2D eigenvalue weighted by Gasteiger charge is -2.37. The minimum atomic E-state index is -1.12. The van der Waals surface area contributed by atoms with Gasteiger partial charge in [0.05, 0.1) is 11.6 Å². The molecule has 2 saturated heterocycles. The Morgan fingerprint density at radius 2 is 2.10 bits per heavy atom. The molecule has 0 radical (unpaired) electrons. The highest BCUT2D eigenvalue weighted by molar-refractivity contribution is 8.08. The van der Waals surface area contributed by atoms with Gasteiger partial charge in [-0.2, -0.15) is 0 Å². The van der Waals surface area contributed by atoms with Gasteiger partial charge in [0.15, 0.2) is 6.61 Å². The fourth-order valence-corrected chi connectivity index (χ4v) is 4.63. The maximum atomic E-state index is 13.5. The number of benzene rings is 1. The molecule has 1 unspecified atom stereocenters. The van der Waals surface area contributed by atoms with Gasteiger partial charge in [0.25, 0.3) is 5.91 Å². The van der Waals surface area contributed by atoms with Gasteiger partial charge >= 0.3 is 12.1 Å². The van der Waals surface area contributed by atoms with Crippen molar-refractivity contribution in [1.82, 2.24) is 10.2 Å². The molecule has 0 aromatic heterocycles. The number of nitrogens with one attached hydrogen (secondary N) is 1. The molecule has 2 aliphatic rings. The minimum Gasteiger partial charge on any atom is -0.484 e. The second-order valence-corrected chi connectivity index (χ2v) is 10.0. The van der Waals surface area contributed by atoms with Gasteiger partial charge in [0.1, 0.15) is 28.1 Å². The van der Waals surface area contributed by atoms with Gasteiger partial charge in [-0.25, -0.2) is 14.0 Å². The van der Waals surface area contributed by atoms with Crippen LogP contribution >= 0.6 is 23.4 Å². The molecule has 3 atom stereocenters. The lowest BCUT2D eigenvalue weighted by molar-refractivity contribution is -0.144. The molecule has 0 aliphatic carbocycles. The Hall–Kier alpha value is -2.20. The Kier molecular flexibility index (Phi) is 6.10. The van der Waals surface area contributed by atoms with Crippen molar-refractivity contribution >= 4 is 41.3 Å². The monoisotopic (exact) mass is 460 g/mol. The quantitative estimate of drug-likeness (QED) is 0.651. The van der Waals surface area contributed by atoms with Gasteiger partial charge in [-0.1, -0.05) is 11.6 Å². The third-order valence-electron chi connectivity index (χ3n) is 4.56. The molecule has 2 heterocycles. The van der Waals surface area contributed by atoms with E-state index in [-0.39, 0.29) is 35.6 Å². The first kappa shape index (κ1) is 22.5. The number of hydrogen-bond donors (Lipinski definition) is 2. The van der Waals surface area contributed by atoms with Crippen LogP contribution in [0.5, 0.6) is 5.75 Å². The number of aliphatic carboxylic acids is 1. The van der Waals surface area contributed by atoms with E-state index in [0.717, 1.165) is 11.0 Å². The predicted molar refractivity (Wildman–Crippen MR) is 108 cm³/mol. The number of amides is 2. The van der Waals surface area contributed by atoms with Crippen molar-refractivity contribution in [2.45, 2.75) is 49.0 Å². The van der Waals surface area contributed by atoms with Crippen LogP contribution in [0.2, 0.25) is 5.02 Å². The van der Waals surface area contributed by atoms with Crippen LogP contribution in [-0.4, -0.2) is 62.9 Å². The lowest BCUT2D eigenvalue weighted by atomic mass is 9.98. The molecule has 2 fully saturated rings. The molecule has 0 spiro atoms. The maximum Gasteiger partial charge on any atom is 0.411 e. The summed E-state index contributed by atoms with van der Waals surface area (Å²) in [6.07, 6.45) is -0.565. The third-order valence-corrected chi connectivity index (χ3v) is 6.43. The Balaban J connectivity index is 1.63. The first-order valence-corrected chi connectivity index (χ1v) is 10.4. The van der Waals surface area contributed by atoms with E-state index in [1.54, 1.807) is 20.8 Å². The largest absolute Gasteiger partial charge is 0.484 e. The molecule has 2 amide bonds. The van der Waals surface area contributed by atoms with Gasteiger partial charge in [-0.05, 0) is 39.3 Å². The second kappa shape index (κ2) is 8.14. The highest BCUT2D eigenvalue weighted by Gasteiger charge is 2.64. The van der Waals surface area contributed by atoms with E-state index in [2.05, 4.69) is 5.32 Å². The average Bonchev–Trinajstić information content (AvgIpc) is 3.32. The fraction of sp³-hybridized carbons (Fsp3) is 0.526. The van der Waals surface area contributed by atoms with Gasteiger partial charge in [-0.3, -0.25) is 9.69 Å². The summed E-state index contributed by atoms with van der Waals surface area (Å²) >= 11 is 7.00. The van der Waals surface area contributed by atoms with Crippen LogP contribution in [0.1, 0.15) is 27.2 Å². The van der Waals surface area contributed by atoms with Crippen molar-refractivity contribution in [2.75, 3.05) is 13.2 Å². The van der Waals surface area contributed by atoms with E-state index in [1.807, 2.05) is 0 Å². The van der Waals surface area contributed by atoms with Gasteiger partial charge in [-0.15, -0.1) is 11.8 Å². The van der Waals surface area contributed by atoms with E-state index in [9.17, 15) is 23.9 Å². The number of nitrogens with zero attached hydrogens (tertiary/aromatic N) is 1. The molecule has 11 heteroatoms. The Morgan fingerprint density at radius 1 is 1.40 bits per heavy atom. The Labute approximate surface area is 182 Å². The van der Waals surface area contributed by atoms with Crippen molar-refractivity contribution in [3.8, 4) is 5.75 Å². The topological polar surface area (TPSA) is 105 Å². The highest BCUT2D eigenvalue weighted by atomic mass is 35.5. The van der Waals surface area contributed by atoms with Crippen LogP contribution < -0.4 is 10.1 Å². The summed E-state index contributed by atoms with van der Waals surface area (Å²) in [6, 6.07) is 2.80. The average molecular weight is 461 g/mol. The number of hydrogen-bond acceptors (Lipinski definition) is 6. The Morgan fingerprint density at radius 3 is 2.70 bits per heavy atom. The molecule has 3 rings (SSSR count). The zero-order valence-corrected chi connectivity index (χ0v) is 18.2. The second-order valence-electron chi connectivity index (χ2n) is 8.11. The summed E-state index contributed by atoms with van der Waals surface area (Å²) in [4.78, 5) is 36.9. The van der Waals surface area contributed by atoms with Crippen LogP contribution in [-0.2, 0) is 14.3 Å². The van der Waals surface area contributed by atoms with Crippen molar-refractivity contribution < 1.29 is 33.4 Å². The van der Waals surface area contributed by atoms with Crippen molar-refractivity contribution in [2.24, 2.45) is 0 Å². The zero-order valence-electron chi connectivity index (χ0n) is 16.6. The van der Waals surface area contributed by atoms with Gasteiger partial charge in [0, 0.05) is 11.3 Å². The molecule has 30 heavy (non-hydrogen) atoms. The predicted octanol–water partition coefficient (Wildman–Crippen LogP) is 2.88. The number of halogens is 2. The molecule has 1 aromatic rings. The number of likely N-dealkylation sites (tertiary alicyclic amines) is 1. The summed E-state index contributed by atoms with van der Waals surface area (Å²) in [5, 5.41) is 12.1. The molecular weight excluding hydrogens is 439 g/mol.